The highest BCUT2D eigenvalue weighted by Gasteiger charge is 1.89. The molecule has 0 radical (unpaired) electrons. The highest BCUT2D eigenvalue weighted by Crippen LogP contribution is 2.07. The van der Waals surface area contributed by atoms with Crippen molar-refractivity contribution in [3.8, 4) is 5.75 Å². The minimum Gasteiger partial charge on any atom is -0.508 e. The summed E-state index contributed by atoms with van der Waals surface area (Å²) in [5.41, 5.74) is 2.53. The maximum absolute atomic E-state index is 9.98. The van der Waals surface area contributed by atoms with E-state index in [1.54, 1.807) is 12.1 Å². The molecule has 0 aliphatic carbocycles. The van der Waals surface area contributed by atoms with Crippen LogP contribution in [0.15, 0.2) is 29.4 Å². The second-order valence-electron chi connectivity index (χ2n) is 2.27. The fourth-order valence-corrected chi connectivity index (χ4v) is 0.722. The minimum atomic E-state index is -1.21. The highest BCUT2D eigenvalue weighted by molar-refractivity contribution is 5.80. The van der Waals surface area contributed by atoms with Gasteiger partial charge in [-0.3, -0.25) is 0 Å². The number of hydrazone groups is 1. The van der Waals surface area contributed by atoms with Crippen LogP contribution in [0.5, 0.6) is 5.75 Å². The van der Waals surface area contributed by atoms with Crippen LogP contribution >= 0.6 is 0 Å². The summed E-state index contributed by atoms with van der Waals surface area (Å²) >= 11 is 0. The molecule has 0 heterocycles. The largest absolute Gasteiger partial charge is 0.508 e. The van der Waals surface area contributed by atoms with Gasteiger partial charge < -0.3 is 10.2 Å². The van der Waals surface area contributed by atoms with E-state index in [1.807, 2.05) is 5.43 Å². The lowest BCUT2D eigenvalue weighted by molar-refractivity contribution is 0.195. The van der Waals surface area contributed by atoms with Gasteiger partial charge in [0, 0.05) is 0 Å². The number of amides is 1. The Hall–Kier alpha value is -2.04. The maximum Gasteiger partial charge on any atom is 0.425 e. The van der Waals surface area contributed by atoms with Crippen LogP contribution in [0.25, 0.3) is 0 Å². The lowest BCUT2D eigenvalue weighted by Gasteiger charge is -1.93. The Bertz CT molecular complexity index is 319. The van der Waals surface area contributed by atoms with Crippen molar-refractivity contribution in [3.05, 3.63) is 29.8 Å². The Morgan fingerprint density at radius 3 is 2.54 bits per heavy atom. The van der Waals surface area contributed by atoms with Gasteiger partial charge in [0.25, 0.3) is 0 Å². The Morgan fingerprint density at radius 2 is 2.00 bits per heavy atom. The van der Waals surface area contributed by atoms with E-state index >= 15 is 0 Å². The van der Waals surface area contributed by atoms with Gasteiger partial charge in [0.1, 0.15) is 5.75 Å². The van der Waals surface area contributed by atoms with E-state index in [0.29, 0.717) is 5.56 Å². The number of hydrogen-bond acceptors (Lipinski definition) is 3. The molecule has 13 heavy (non-hydrogen) atoms. The van der Waals surface area contributed by atoms with Crippen molar-refractivity contribution in [2.45, 2.75) is 0 Å². The molecule has 68 valence electrons. The van der Waals surface area contributed by atoms with E-state index in [1.165, 1.54) is 18.3 Å². The molecular weight excluding hydrogens is 172 g/mol. The summed E-state index contributed by atoms with van der Waals surface area (Å²) in [6.07, 6.45) is 0.128. The molecule has 3 N–H and O–H groups in total. The topological polar surface area (TPSA) is 81.9 Å². The molecule has 0 atom stereocenters. The maximum atomic E-state index is 9.98. The molecule has 5 nitrogen and oxygen atoms in total. The molecule has 0 bridgehead atoms. The standard InChI is InChI=1S/C8H8N2O3/c11-7-3-1-6(2-4-7)5-9-10-8(12)13/h1-5,10-11H,(H,12,13)/b9-5+. The van der Waals surface area contributed by atoms with Gasteiger partial charge in [0.15, 0.2) is 0 Å². The van der Waals surface area contributed by atoms with E-state index in [2.05, 4.69) is 5.10 Å². The van der Waals surface area contributed by atoms with Crippen LogP contribution in [-0.2, 0) is 0 Å². The van der Waals surface area contributed by atoms with Crippen molar-refractivity contribution in [1.82, 2.24) is 5.43 Å². The van der Waals surface area contributed by atoms with Gasteiger partial charge >= 0.3 is 6.09 Å². The van der Waals surface area contributed by atoms with E-state index in [0.717, 1.165) is 0 Å². The number of benzene rings is 1. The number of nitrogens with zero attached hydrogens (tertiary/aromatic N) is 1. The first-order valence-corrected chi connectivity index (χ1v) is 3.49. The molecule has 0 spiro atoms. The molecule has 0 aromatic heterocycles. The average Bonchev–Trinajstić information content (AvgIpc) is 2.08. The lowest BCUT2D eigenvalue weighted by atomic mass is 10.2. The van der Waals surface area contributed by atoms with Gasteiger partial charge in [-0.05, 0) is 29.8 Å². The summed E-state index contributed by atoms with van der Waals surface area (Å²) in [6, 6.07) is 6.20. The summed E-state index contributed by atoms with van der Waals surface area (Å²) in [7, 11) is 0. The molecule has 0 aliphatic heterocycles. The van der Waals surface area contributed by atoms with Crippen molar-refractivity contribution in [2.24, 2.45) is 5.10 Å². The Balaban J connectivity index is 2.59. The molecule has 1 amide bonds. The number of phenolic OH excluding ortho intramolecular Hbond substituents is 1. The van der Waals surface area contributed by atoms with Gasteiger partial charge in [-0.2, -0.15) is 5.10 Å². The second-order valence-corrected chi connectivity index (χ2v) is 2.27. The molecule has 1 rings (SSSR count). The Kier molecular flexibility index (Phi) is 2.86. The summed E-state index contributed by atoms with van der Waals surface area (Å²) in [4.78, 5) is 9.98. The molecule has 0 aliphatic rings. The zero-order chi connectivity index (χ0) is 9.68. The third kappa shape index (κ3) is 3.24. The number of phenols is 1. The van der Waals surface area contributed by atoms with Crippen LogP contribution in [0.3, 0.4) is 0 Å². The van der Waals surface area contributed by atoms with E-state index in [4.69, 9.17) is 10.2 Å². The van der Waals surface area contributed by atoms with Crippen molar-refractivity contribution in [3.63, 3.8) is 0 Å². The van der Waals surface area contributed by atoms with Crippen LogP contribution in [0.1, 0.15) is 5.56 Å². The summed E-state index contributed by atoms with van der Waals surface area (Å²) in [5, 5.41) is 20.5. The quantitative estimate of drug-likeness (QED) is 0.469. The molecule has 0 saturated heterocycles. The van der Waals surface area contributed by atoms with Crippen molar-refractivity contribution < 1.29 is 15.0 Å². The number of carbonyl (C=O) groups is 1. The molecule has 0 saturated carbocycles. The number of aromatic hydroxyl groups is 1. The molecular formula is C8H8N2O3. The SMILES string of the molecule is O=C(O)N/N=C/c1ccc(O)cc1. The van der Waals surface area contributed by atoms with Crippen molar-refractivity contribution in [1.29, 1.82) is 0 Å². The molecule has 1 aromatic carbocycles. The average molecular weight is 180 g/mol. The molecule has 0 unspecified atom stereocenters. The van der Waals surface area contributed by atoms with E-state index in [-0.39, 0.29) is 5.75 Å². The van der Waals surface area contributed by atoms with E-state index in [9.17, 15) is 4.79 Å². The zero-order valence-electron chi connectivity index (χ0n) is 6.64. The van der Waals surface area contributed by atoms with Gasteiger partial charge in [0.2, 0.25) is 0 Å². The zero-order valence-corrected chi connectivity index (χ0v) is 6.64. The van der Waals surface area contributed by atoms with Crippen molar-refractivity contribution in [2.75, 3.05) is 0 Å². The lowest BCUT2D eigenvalue weighted by Crippen LogP contribution is -2.13. The number of hydrogen-bond donors (Lipinski definition) is 3. The normalized spacial score (nSPS) is 10.2. The van der Waals surface area contributed by atoms with Crippen LogP contribution in [-0.4, -0.2) is 22.5 Å². The number of nitrogens with one attached hydrogen (secondary N) is 1. The first kappa shape index (κ1) is 9.05. The third-order valence-corrected chi connectivity index (χ3v) is 1.27. The van der Waals surface area contributed by atoms with Crippen LogP contribution in [0, 0.1) is 0 Å². The first-order valence-electron chi connectivity index (χ1n) is 3.49. The van der Waals surface area contributed by atoms with Gasteiger partial charge in [-0.1, -0.05) is 0 Å². The predicted molar refractivity (Wildman–Crippen MR) is 46.9 cm³/mol. The fourth-order valence-electron chi connectivity index (χ4n) is 0.722. The number of carboxylic acid groups (broad SMARTS) is 1. The van der Waals surface area contributed by atoms with Crippen LogP contribution in [0.4, 0.5) is 4.79 Å². The Morgan fingerprint density at radius 1 is 1.38 bits per heavy atom. The monoisotopic (exact) mass is 180 g/mol. The summed E-state index contributed by atoms with van der Waals surface area (Å²) < 4.78 is 0. The first-order chi connectivity index (χ1) is 6.18. The highest BCUT2D eigenvalue weighted by atomic mass is 16.4. The van der Waals surface area contributed by atoms with Crippen LogP contribution in [0.2, 0.25) is 0 Å². The van der Waals surface area contributed by atoms with E-state index < -0.39 is 6.09 Å². The minimum absolute atomic E-state index is 0.156. The molecule has 5 heteroatoms. The second kappa shape index (κ2) is 4.10. The summed E-state index contributed by atoms with van der Waals surface area (Å²) in [6.45, 7) is 0. The fraction of sp³-hybridized carbons (Fsp3) is 0. The summed E-state index contributed by atoms with van der Waals surface area (Å²) in [5.74, 6) is 0.156. The van der Waals surface area contributed by atoms with Crippen molar-refractivity contribution >= 4 is 12.3 Å². The van der Waals surface area contributed by atoms with Crippen LogP contribution < -0.4 is 5.43 Å². The Labute approximate surface area is 74.3 Å². The van der Waals surface area contributed by atoms with Gasteiger partial charge in [0.05, 0.1) is 6.21 Å². The van der Waals surface area contributed by atoms with Gasteiger partial charge in [-0.25, -0.2) is 10.2 Å². The predicted octanol–water partition coefficient (Wildman–Crippen LogP) is 0.994. The molecule has 0 fully saturated rings. The third-order valence-electron chi connectivity index (χ3n) is 1.27. The number of rotatable bonds is 2. The van der Waals surface area contributed by atoms with Gasteiger partial charge in [-0.15, -0.1) is 0 Å². The smallest absolute Gasteiger partial charge is 0.425 e. The molecule has 1 aromatic rings.